The minimum Gasteiger partial charge on any atom is -0.508 e. The predicted octanol–water partition coefficient (Wildman–Crippen LogP) is 3.60. The molecule has 2 N–H and O–H groups in total. The Morgan fingerprint density at radius 2 is 1.86 bits per heavy atom. The van der Waals surface area contributed by atoms with Crippen molar-refractivity contribution in [1.82, 2.24) is 9.97 Å². The number of phenols is 1. The summed E-state index contributed by atoms with van der Waals surface area (Å²) >= 11 is 0. The molecule has 5 nitrogen and oxygen atoms in total. The molecule has 0 spiro atoms. The molecule has 0 bridgehead atoms. The van der Waals surface area contributed by atoms with Crippen molar-refractivity contribution in [3.8, 4) is 22.8 Å². The lowest BCUT2D eigenvalue weighted by Gasteiger charge is -2.07. The van der Waals surface area contributed by atoms with Crippen LogP contribution in [0.15, 0.2) is 60.8 Å². The second-order valence-corrected chi connectivity index (χ2v) is 4.67. The Morgan fingerprint density at radius 1 is 1.05 bits per heavy atom. The van der Waals surface area contributed by atoms with E-state index in [-0.39, 0.29) is 5.75 Å². The van der Waals surface area contributed by atoms with Gasteiger partial charge < -0.3 is 15.2 Å². The number of aromatic nitrogens is 2. The van der Waals surface area contributed by atoms with Crippen LogP contribution in [0.25, 0.3) is 11.3 Å². The number of phenolic OH excluding ortho intramolecular Hbond substituents is 1. The maximum absolute atomic E-state index is 9.29. The second kappa shape index (κ2) is 6.13. The van der Waals surface area contributed by atoms with E-state index in [0.29, 0.717) is 5.95 Å². The van der Waals surface area contributed by atoms with Crippen molar-refractivity contribution in [3.05, 3.63) is 60.8 Å². The van der Waals surface area contributed by atoms with E-state index in [9.17, 15) is 5.11 Å². The summed E-state index contributed by atoms with van der Waals surface area (Å²) in [6.45, 7) is 0. The van der Waals surface area contributed by atoms with E-state index in [4.69, 9.17) is 4.74 Å². The molecule has 0 aliphatic rings. The van der Waals surface area contributed by atoms with Gasteiger partial charge in [-0.3, -0.25) is 0 Å². The lowest BCUT2D eigenvalue weighted by atomic mass is 10.1. The molecule has 0 saturated heterocycles. The van der Waals surface area contributed by atoms with Gasteiger partial charge in [-0.05, 0) is 42.5 Å². The quantitative estimate of drug-likeness (QED) is 0.719. The van der Waals surface area contributed by atoms with Crippen LogP contribution < -0.4 is 10.1 Å². The van der Waals surface area contributed by atoms with Gasteiger partial charge in [-0.2, -0.15) is 0 Å². The summed E-state index contributed by atoms with van der Waals surface area (Å²) in [5.41, 5.74) is 2.56. The fourth-order valence-corrected chi connectivity index (χ4v) is 2.04. The molecule has 1 aromatic heterocycles. The monoisotopic (exact) mass is 293 g/mol. The molecule has 5 heteroatoms. The first-order valence-electron chi connectivity index (χ1n) is 6.78. The van der Waals surface area contributed by atoms with E-state index < -0.39 is 0 Å². The van der Waals surface area contributed by atoms with Crippen molar-refractivity contribution >= 4 is 11.6 Å². The van der Waals surface area contributed by atoms with Crippen molar-refractivity contribution in [2.75, 3.05) is 12.4 Å². The molecule has 0 saturated carbocycles. The first kappa shape index (κ1) is 13.9. The van der Waals surface area contributed by atoms with Gasteiger partial charge >= 0.3 is 0 Å². The number of benzene rings is 2. The van der Waals surface area contributed by atoms with Crippen molar-refractivity contribution in [1.29, 1.82) is 0 Å². The van der Waals surface area contributed by atoms with E-state index in [1.54, 1.807) is 37.6 Å². The zero-order chi connectivity index (χ0) is 15.4. The van der Waals surface area contributed by atoms with Crippen LogP contribution in [0.1, 0.15) is 0 Å². The summed E-state index contributed by atoms with van der Waals surface area (Å²) in [6.07, 6.45) is 1.70. The number of rotatable bonds is 4. The van der Waals surface area contributed by atoms with Gasteiger partial charge in [0.2, 0.25) is 5.95 Å². The van der Waals surface area contributed by atoms with Gasteiger partial charge in [-0.15, -0.1) is 0 Å². The standard InChI is InChI=1S/C17H15N3O2/c1-22-15-4-2-3-12(11-15)16-9-10-18-17(20-16)19-13-5-7-14(21)8-6-13/h2-11,21H,1H3,(H,18,19,20). The summed E-state index contributed by atoms with van der Waals surface area (Å²) < 4.78 is 5.23. The minimum atomic E-state index is 0.219. The van der Waals surface area contributed by atoms with Crippen LogP contribution >= 0.6 is 0 Å². The molecule has 2 aromatic carbocycles. The first-order valence-corrected chi connectivity index (χ1v) is 6.78. The molecule has 1 heterocycles. The van der Waals surface area contributed by atoms with Gasteiger partial charge in [0.1, 0.15) is 11.5 Å². The van der Waals surface area contributed by atoms with Crippen molar-refractivity contribution < 1.29 is 9.84 Å². The average molecular weight is 293 g/mol. The molecule has 3 rings (SSSR count). The number of hydrogen-bond donors (Lipinski definition) is 2. The van der Waals surface area contributed by atoms with Gasteiger partial charge in [0, 0.05) is 17.4 Å². The Kier molecular flexibility index (Phi) is 3.87. The largest absolute Gasteiger partial charge is 0.508 e. The lowest BCUT2D eigenvalue weighted by Crippen LogP contribution is -1.97. The highest BCUT2D eigenvalue weighted by atomic mass is 16.5. The average Bonchev–Trinajstić information content (AvgIpc) is 2.57. The molecule has 0 radical (unpaired) electrons. The van der Waals surface area contributed by atoms with Crippen LogP contribution in [0.5, 0.6) is 11.5 Å². The zero-order valence-electron chi connectivity index (χ0n) is 12.0. The molecule has 0 fully saturated rings. The van der Waals surface area contributed by atoms with E-state index >= 15 is 0 Å². The molecule has 110 valence electrons. The van der Waals surface area contributed by atoms with Crippen LogP contribution in [0.4, 0.5) is 11.6 Å². The highest BCUT2D eigenvalue weighted by Gasteiger charge is 2.04. The van der Waals surface area contributed by atoms with Crippen LogP contribution in [-0.2, 0) is 0 Å². The number of nitrogens with one attached hydrogen (secondary N) is 1. The third-order valence-electron chi connectivity index (χ3n) is 3.14. The Hall–Kier alpha value is -3.08. The maximum atomic E-state index is 9.29. The van der Waals surface area contributed by atoms with Crippen molar-refractivity contribution in [2.24, 2.45) is 0 Å². The van der Waals surface area contributed by atoms with Crippen molar-refractivity contribution in [3.63, 3.8) is 0 Å². The smallest absolute Gasteiger partial charge is 0.227 e. The molecule has 3 aromatic rings. The van der Waals surface area contributed by atoms with E-state index in [0.717, 1.165) is 22.7 Å². The van der Waals surface area contributed by atoms with Gasteiger partial charge in [-0.25, -0.2) is 9.97 Å². The minimum absolute atomic E-state index is 0.219. The molecule has 22 heavy (non-hydrogen) atoms. The molecule has 0 unspecified atom stereocenters. The Bertz CT molecular complexity index is 773. The number of nitrogens with zero attached hydrogens (tertiary/aromatic N) is 2. The van der Waals surface area contributed by atoms with Gasteiger partial charge in [0.15, 0.2) is 0 Å². The highest BCUT2D eigenvalue weighted by Crippen LogP contribution is 2.23. The fourth-order valence-electron chi connectivity index (χ4n) is 2.04. The molecule has 0 aliphatic carbocycles. The van der Waals surface area contributed by atoms with Crippen LogP contribution in [0.2, 0.25) is 0 Å². The number of hydrogen-bond acceptors (Lipinski definition) is 5. The molecule has 0 amide bonds. The second-order valence-electron chi connectivity index (χ2n) is 4.67. The third kappa shape index (κ3) is 3.15. The van der Waals surface area contributed by atoms with E-state index in [1.807, 2.05) is 30.3 Å². The number of methoxy groups -OCH3 is 1. The molecule has 0 atom stereocenters. The Morgan fingerprint density at radius 3 is 2.64 bits per heavy atom. The fraction of sp³-hybridized carbons (Fsp3) is 0.0588. The Labute approximate surface area is 128 Å². The summed E-state index contributed by atoms with van der Waals surface area (Å²) in [5, 5.41) is 12.4. The van der Waals surface area contributed by atoms with Gasteiger partial charge in [-0.1, -0.05) is 12.1 Å². The number of ether oxygens (including phenoxy) is 1. The van der Waals surface area contributed by atoms with Crippen LogP contribution in [0, 0.1) is 0 Å². The normalized spacial score (nSPS) is 10.2. The Balaban J connectivity index is 1.87. The third-order valence-corrected chi connectivity index (χ3v) is 3.14. The van der Waals surface area contributed by atoms with E-state index in [2.05, 4.69) is 15.3 Å². The van der Waals surface area contributed by atoms with Crippen LogP contribution in [-0.4, -0.2) is 22.2 Å². The van der Waals surface area contributed by atoms with Crippen molar-refractivity contribution in [2.45, 2.75) is 0 Å². The molecular formula is C17H15N3O2. The van der Waals surface area contributed by atoms with E-state index in [1.165, 1.54) is 0 Å². The summed E-state index contributed by atoms with van der Waals surface area (Å²) in [6, 6.07) is 16.3. The molecule has 0 aliphatic heterocycles. The maximum Gasteiger partial charge on any atom is 0.227 e. The lowest BCUT2D eigenvalue weighted by molar-refractivity contribution is 0.415. The topological polar surface area (TPSA) is 67.3 Å². The van der Waals surface area contributed by atoms with Crippen LogP contribution in [0.3, 0.4) is 0 Å². The zero-order valence-corrected chi connectivity index (χ0v) is 12.0. The summed E-state index contributed by atoms with van der Waals surface area (Å²) in [7, 11) is 1.64. The number of aromatic hydroxyl groups is 1. The summed E-state index contributed by atoms with van der Waals surface area (Å²) in [5.74, 6) is 1.49. The highest BCUT2D eigenvalue weighted by molar-refractivity contribution is 5.63. The summed E-state index contributed by atoms with van der Waals surface area (Å²) in [4.78, 5) is 8.71. The molecular weight excluding hydrogens is 278 g/mol. The number of anilines is 2. The predicted molar refractivity (Wildman–Crippen MR) is 85.4 cm³/mol. The van der Waals surface area contributed by atoms with Gasteiger partial charge in [0.25, 0.3) is 0 Å². The SMILES string of the molecule is COc1cccc(-c2ccnc(Nc3ccc(O)cc3)n2)c1. The van der Waals surface area contributed by atoms with Gasteiger partial charge in [0.05, 0.1) is 12.8 Å². The first-order chi connectivity index (χ1) is 10.7.